The van der Waals surface area contributed by atoms with E-state index in [0.29, 0.717) is 5.92 Å². The zero-order valence-corrected chi connectivity index (χ0v) is 10.4. The lowest BCUT2D eigenvalue weighted by molar-refractivity contribution is 0.411. The largest absolute Gasteiger partial charge is 0.496 e. The van der Waals surface area contributed by atoms with Gasteiger partial charge in [-0.1, -0.05) is 6.07 Å². The quantitative estimate of drug-likeness (QED) is 0.847. The van der Waals surface area contributed by atoms with Crippen LogP contribution in [0, 0.1) is 3.57 Å². The highest BCUT2D eigenvalue weighted by molar-refractivity contribution is 14.1. The van der Waals surface area contributed by atoms with Crippen LogP contribution < -0.4 is 10.1 Å². The molecule has 3 heteroatoms. The number of nitrogens with one attached hydrogen (secondary N) is 1. The van der Waals surface area contributed by atoms with Gasteiger partial charge < -0.3 is 10.1 Å². The van der Waals surface area contributed by atoms with Gasteiger partial charge in [-0.05, 0) is 59.2 Å². The van der Waals surface area contributed by atoms with Gasteiger partial charge in [-0.2, -0.15) is 0 Å². The van der Waals surface area contributed by atoms with Crippen LogP contribution in [-0.4, -0.2) is 20.2 Å². The first-order valence-electron chi connectivity index (χ1n) is 4.85. The maximum atomic E-state index is 5.32. The normalized spacial score (nSPS) is 21.1. The Labute approximate surface area is 98.2 Å². The summed E-state index contributed by atoms with van der Waals surface area (Å²) in [5.74, 6) is 1.66. The van der Waals surface area contributed by atoms with Gasteiger partial charge >= 0.3 is 0 Å². The van der Waals surface area contributed by atoms with E-state index in [1.54, 1.807) is 7.11 Å². The lowest BCUT2D eigenvalue weighted by Crippen LogP contribution is -2.08. The number of hydrogen-bond donors (Lipinski definition) is 1. The smallest absolute Gasteiger partial charge is 0.132 e. The van der Waals surface area contributed by atoms with E-state index in [-0.39, 0.29) is 0 Å². The Bertz CT molecular complexity index is 321. The van der Waals surface area contributed by atoms with Crippen molar-refractivity contribution in [2.75, 3.05) is 20.2 Å². The minimum Gasteiger partial charge on any atom is -0.496 e. The molecule has 0 radical (unpaired) electrons. The summed E-state index contributed by atoms with van der Waals surface area (Å²) >= 11 is 2.30. The van der Waals surface area contributed by atoms with Crippen molar-refractivity contribution in [1.29, 1.82) is 0 Å². The highest BCUT2D eigenvalue weighted by Gasteiger charge is 2.17. The number of benzene rings is 1. The van der Waals surface area contributed by atoms with E-state index in [1.165, 1.54) is 15.6 Å². The number of ether oxygens (including phenoxy) is 1. The van der Waals surface area contributed by atoms with Crippen LogP contribution >= 0.6 is 22.6 Å². The lowest BCUT2D eigenvalue weighted by Gasteiger charge is -2.11. The second kappa shape index (κ2) is 4.49. The van der Waals surface area contributed by atoms with Gasteiger partial charge in [0.15, 0.2) is 0 Å². The van der Waals surface area contributed by atoms with E-state index in [9.17, 15) is 0 Å². The third kappa shape index (κ3) is 2.03. The second-order valence-electron chi connectivity index (χ2n) is 3.58. The van der Waals surface area contributed by atoms with E-state index in [1.807, 2.05) is 0 Å². The summed E-state index contributed by atoms with van der Waals surface area (Å²) in [5, 5.41) is 3.38. The molecule has 1 saturated heterocycles. The highest BCUT2D eigenvalue weighted by Crippen LogP contribution is 2.28. The number of rotatable bonds is 2. The summed E-state index contributed by atoms with van der Waals surface area (Å²) in [4.78, 5) is 0. The van der Waals surface area contributed by atoms with E-state index in [4.69, 9.17) is 4.74 Å². The summed E-state index contributed by atoms with van der Waals surface area (Å²) in [6, 6.07) is 6.51. The molecular formula is C11H14INO. The molecule has 1 heterocycles. The molecule has 1 atom stereocenters. The minimum absolute atomic E-state index is 0.667. The molecule has 1 aliphatic rings. The van der Waals surface area contributed by atoms with Crippen molar-refractivity contribution < 1.29 is 4.74 Å². The molecule has 0 aliphatic carbocycles. The number of methoxy groups -OCH3 is 1. The molecule has 0 spiro atoms. The third-order valence-corrected chi connectivity index (χ3v) is 3.60. The molecule has 2 rings (SSSR count). The van der Waals surface area contributed by atoms with Gasteiger partial charge in [0.2, 0.25) is 0 Å². The van der Waals surface area contributed by atoms with Gasteiger partial charge in [-0.3, -0.25) is 0 Å². The summed E-state index contributed by atoms with van der Waals surface area (Å²) in [5.41, 5.74) is 1.40. The molecule has 1 N–H and O–H groups in total. The summed E-state index contributed by atoms with van der Waals surface area (Å²) in [7, 11) is 1.73. The van der Waals surface area contributed by atoms with Crippen molar-refractivity contribution in [3.05, 3.63) is 27.3 Å². The Morgan fingerprint density at radius 3 is 3.00 bits per heavy atom. The van der Waals surface area contributed by atoms with Crippen LogP contribution in [-0.2, 0) is 0 Å². The predicted molar refractivity (Wildman–Crippen MR) is 65.9 cm³/mol. The molecule has 0 aromatic heterocycles. The number of halogens is 1. The van der Waals surface area contributed by atoms with Crippen LogP contribution in [0.2, 0.25) is 0 Å². The zero-order chi connectivity index (χ0) is 9.97. The zero-order valence-electron chi connectivity index (χ0n) is 8.22. The van der Waals surface area contributed by atoms with Crippen molar-refractivity contribution in [3.63, 3.8) is 0 Å². The minimum atomic E-state index is 0.667. The van der Waals surface area contributed by atoms with Crippen molar-refractivity contribution >= 4 is 22.6 Å². The molecule has 0 bridgehead atoms. The number of hydrogen-bond acceptors (Lipinski definition) is 2. The topological polar surface area (TPSA) is 21.3 Å². The fourth-order valence-corrected chi connectivity index (χ4v) is 2.43. The maximum absolute atomic E-state index is 5.32. The van der Waals surface area contributed by atoms with E-state index >= 15 is 0 Å². The van der Waals surface area contributed by atoms with Gasteiger partial charge in [0.25, 0.3) is 0 Å². The van der Waals surface area contributed by atoms with E-state index in [0.717, 1.165) is 18.8 Å². The van der Waals surface area contributed by atoms with Gasteiger partial charge in [0.05, 0.1) is 10.7 Å². The first-order chi connectivity index (χ1) is 6.81. The average molecular weight is 303 g/mol. The van der Waals surface area contributed by atoms with Gasteiger partial charge in [0.1, 0.15) is 5.75 Å². The molecule has 2 nitrogen and oxygen atoms in total. The standard InChI is InChI=1S/C11H14INO/c1-14-11-6-8(2-3-10(11)12)9-4-5-13-7-9/h2-3,6,9,13H,4-5,7H2,1H3/t9-/m0/s1. The molecule has 1 aromatic rings. The Morgan fingerprint density at radius 1 is 1.50 bits per heavy atom. The van der Waals surface area contributed by atoms with Crippen LogP contribution in [0.5, 0.6) is 5.75 Å². The summed E-state index contributed by atoms with van der Waals surface area (Å²) in [6.45, 7) is 2.24. The van der Waals surface area contributed by atoms with Crippen LogP contribution in [0.3, 0.4) is 0 Å². The predicted octanol–water partition coefficient (Wildman–Crippen LogP) is 2.38. The SMILES string of the molecule is COc1cc([C@H]2CCNC2)ccc1I. The highest BCUT2D eigenvalue weighted by atomic mass is 127. The third-order valence-electron chi connectivity index (χ3n) is 2.71. The van der Waals surface area contributed by atoms with Crippen molar-refractivity contribution in [2.24, 2.45) is 0 Å². The molecule has 1 aliphatic heterocycles. The fraction of sp³-hybridized carbons (Fsp3) is 0.455. The Balaban J connectivity index is 2.25. The van der Waals surface area contributed by atoms with E-state index < -0.39 is 0 Å². The molecule has 0 amide bonds. The molecule has 1 fully saturated rings. The first-order valence-corrected chi connectivity index (χ1v) is 5.93. The van der Waals surface area contributed by atoms with E-state index in [2.05, 4.69) is 46.1 Å². The molecular weight excluding hydrogens is 289 g/mol. The van der Waals surface area contributed by atoms with Crippen LogP contribution in [0.4, 0.5) is 0 Å². The summed E-state index contributed by atoms with van der Waals surface area (Å²) in [6.07, 6.45) is 1.24. The molecule has 1 aromatic carbocycles. The van der Waals surface area contributed by atoms with Crippen LogP contribution in [0.1, 0.15) is 17.9 Å². The molecule has 76 valence electrons. The first kappa shape index (κ1) is 10.2. The van der Waals surface area contributed by atoms with Crippen molar-refractivity contribution in [1.82, 2.24) is 5.32 Å². The molecule has 14 heavy (non-hydrogen) atoms. The second-order valence-corrected chi connectivity index (χ2v) is 4.75. The molecule has 0 unspecified atom stereocenters. The maximum Gasteiger partial charge on any atom is 0.132 e. The lowest BCUT2D eigenvalue weighted by atomic mass is 9.98. The fourth-order valence-electron chi connectivity index (χ4n) is 1.87. The Kier molecular flexibility index (Phi) is 3.28. The van der Waals surface area contributed by atoms with Gasteiger partial charge in [-0.25, -0.2) is 0 Å². The average Bonchev–Trinajstić information content (AvgIpc) is 2.71. The van der Waals surface area contributed by atoms with Gasteiger partial charge in [-0.15, -0.1) is 0 Å². The van der Waals surface area contributed by atoms with Crippen LogP contribution in [0.15, 0.2) is 18.2 Å². The van der Waals surface area contributed by atoms with Gasteiger partial charge in [0, 0.05) is 6.54 Å². The Morgan fingerprint density at radius 2 is 2.36 bits per heavy atom. The van der Waals surface area contributed by atoms with Crippen molar-refractivity contribution in [3.8, 4) is 5.75 Å². The Hall–Kier alpha value is -0.290. The summed E-state index contributed by atoms with van der Waals surface area (Å²) < 4.78 is 6.50. The van der Waals surface area contributed by atoms with Crippen molar-refractivity contribution in [2.45, 2.75) is 12.3 Å². The van der Waals surface area contributed by atoms with Crippen LogP contribution in [0.25, 0.3) is 0 Å². The molecule has 0 saturated carbocycles. The monoisotopic (exact) mass is 303 g/mol.